The van der Waals surface area contributed by atoms with E-state index in [0.717, 1.165) is 5.56 Å². The molecule has 0 fully saturated rings. The van der Waals surface area contributed by atoms with Crippen molar-refractivity contribution in [3.05, 3.63) is 77.1 Å². The highest BCUT2D eigenvalue weighted by atomic mass is 35.5. The predicted octanol–water partition coefficient (Wildman–Crippen LogP) is 4.00. The Morgan fingerprint density at radius 3 is 2.73 bits per heavy atom. The van der Waals surface area contributed by atoms with Crippen LogP contribution in [0.5, 0.6) is 5.75 Å². The van der Waals surface area contributed by atoms with Crippen molar-refractivity contribution >= 4 is 29.1 Å². The molecular formula is C19H17ClN4O2. The molecular weight excluding hydrogens is 352 g/mol. The van der Waals surface area contributed by atoms with Gasteiger partial charge in [0.15, 0.2) is 0 Å². The molecule has 2 aromatic carbocycles. The number of hydrogen-bond donors (Lipinski definition) is 2. The number of hydrogen-bond acceptors (Lipinski definition) is 5. The monoisotopic (exact) mass is 368 g/mol. The molecule has 0 aliphatic rings. The predicted molar refractivity (Wildman–Crippen MR) is 102 cm³/mol. The SMILES string of the molecule is COc1ccc(Cl)cc1NC(=O)c1ccnc(NCc2ccccc2)n1. The lowest BCUT2D eigenvalue weighted by molar-refractivity contribution is 0.102. The van der Waals surface area contributed by atoms with Crippen LogP contribution in [0.15, 0.2) is 60.8 Å². The van der Waals surface area contributed by atoms with Crippen LogP contribution in [-0.4, -0.2) is 23.0 Å². The Morgan fingerprint density at radius 1 is 1.15 bits per heavy atom. The van der Waals surface area contributed by atoms with E-state index >= 15 is 0 Å². The summed E-state index contributed by atoms with van der Waals surface area (Å²) in [5.41, 5.74) is 1.80. The minimum atomic E-state index is -0.379. The van der Waals surface area contributed by atoms with Crippen LogP contribution in [0.4, 0.5) is 11.6 Å². The summed E-state index contributed by atoms with van der Waals surface area (Å²) in [5, 5.41) is 6.35. The summed E-state index contributed by atoms with van der Waals surface area (Å²) in [7, 11) is 1.52. The van der Waals surface area contributed by atoms with Gasteiger partial charge in [-0.2, -0.15) is 0 Å². The van der Waals surface area contributed by atoms with Gasteiger partial charge in [0.25, 0.3) is 5.91 Å². The molecule has 0 unspecified atom stereocenters. The Kier molecular flexibility index (Phi) is 5.66. The number of benzene rings is 2. The third-order valence-corrected chi connectivity index (χ3v) is 3.83. The number of methoxy groups -OCH3 is 1. The number of nitrogens with one attached hydrogen (secondary N) is 2. The number of carbonyl (C=O) groups is 1. The third-order valence-electron chi connectivity index (χ3n) is 3.59. The maximum atomic E-state index is 12.5. The van der Waals surface area contributed by atoms with E-state index in [2.05, 4.69) is 20.6 Å². The number of carbonyl (C=O) groups excluding carboxylic acids is 1. The highest BCUT2D eigenvalue weighted by Crippen LogP contribution is 2.28. The molecule has 132 valence electrons. The first-order valence-electron chi connectivity index (χ1n) is 7.91. The van der Waals surface area contributed by atoms with E-state index in [4.69, 9.17) is 16.3 Å². The van der Waals surface area contributed by atoms with E-state index in [1.54, 1.807) is 24.3 Å². The summed E-state index contributed by atoms with van der Waals surface area (Å²) < 4.78 is 5.23. The molecule has 3 rings (SSSR count). The molecule has 1 amide bonds. The summed E-state index contributed by atoms with van der Waals surface area (Å²) in [5.74, 6) is 0.509. The van der Waals surface area contributed by atoms with Gasteiger partial charge >= 0.3 is 0 Å². The highest BCUT2D eigenvalue weighted by molar-refractivity contribution is 6.31. The summed E-state index contributed by atoms with van der Waals surface area (Å²) in [6.45, 7) is 0.564. The number of amides is 1. The molecule has 0 spiro atoms. The zero-order valence-corrected chi connectivity index (χ0v) is 14.8. The van der Waals surface area contributed by atoms with Crippen molar-refractivity contribution in [3.8, 4) is 5.75 Å². The molecule has 0 bridgehead atoms. The lowest BCUT2D eigenvalue weighted by Gasteiger charge is -2.11. The first-order valence-corrected chi connectivity index (χ1v) is 8.29. The molecule has 0 aliphatic carbocycles. The van der Waals surface area contributed by atoms with Gasteiger partial charge in [0.2, 0.25) is 5.95 Å². The molecule has 0 radical (unpaired) electrons. The summed E-state index contributed by atoms with van der Waals surface area (Å²) in [6.07, 6.45) is 1.53. The van der Waals surface area contributed by atoms with E-state index in [1.165, 1.54) is 13.3 Å². The fraction of sp³-hybridized carbons (Fsp3) is 0.105. The van der Waals surface area contributed by atoms with Crippen LogP contribution in [0, 0.1) is 0 Å². The van der Waals surface area contributed by atoms with E-state index in [9.17, 15) is 4.79 Å². The number of halogens is 1. The van der Waals surface area contributed by atoms with Gasteiger partial charge in [0.1, 0.15) is 11.4 Å². The van der Waals surface area contributed by atoms with Crippen LogP contribution in [-0.2, 0) is 6.54 Å². The van der Waals surface area contributed by atoms with Crippen LogP contribution in [0.2, 0.25) is 5.02 Å². The second-order valence-corrected chi connectivity index (χ2v) is 5.84. The standard InChI is InChI=1S/C19H17ClN4O2/c1-26-17-8-7-14(20)11-16(17)23-18(25)15-9-10-21-19(24-15)22-12-13-5-3-2-4-6-13/h2-11H,12H2,1H3,(H,23,25)(H,21,22,24). The molecule has 1 heterocycles. The van der Waals surface area contributed by atoms with Gasteiger partial charge in [0, 0.05) is 17.8 Å². The molecule has 0 saturated carbocycles. The minimum absolute atomic E-state index is 0.234. The van der Waals surface area contributed by atoms with Gasteiger partial charge in [-0.25, -0.2) is 9.97 Å². The van der Waals surface area contributed by atoms with Gasteiger partial charge in [-0.05, 0) is 29.8 Å². The van der Waals surface area contributed by atoms with E-state index in [1.807, 2.05) is 30.3 Å². The quantitative estimate of drug-likeness (QED) is 0.687. The Balaban J connectivity index is 1.71. The van der Waals surface area contributed by atoms with E-state index in [-0.39, 0.29) is 11.6 Å². The van der Waals surface area contributed by atoms with Crippen molar-refractivity contribution in [1.82, 2.24) is 9.97 Å². The van der Waals surface area contributed by atoms with Crippen molar-refractivity contribution in [2.75, 3.05) is 17.7 Å². The number of aromatic nitrogens is 2. The minimum Gasteiger partial charge on any atom is -0.495 e. The maximum Gasteiger partial charge on any atom is 0.274 e. The fourth-order valence-corrected chi connectivity index (χ4v) is 2.48. The van der Waals surface area contributed by atoms with Crippen molar-refractivity contribution in [1.29, 1.82) is 0 Å². The zero-order valence-electron chi connectivity index (χ0n) is 14.1. The van der Waals surface area contributed by atoms with Crippen LogP contribution in [0.25, 0.3) is 0 Å². The van der Waals surface area contributed by atoms with Crippen molar-refractivity contribution < 1.29 is 9.53 Å². The van der Waals surface area contributed by atoms with Crippen LogP contribution in [0.3, 0.4) is 0 Å². The Bertz CT molecular complexity index is 903. The average Bonchev–Trinajstić information content (AvgIpc) is 2.67. The van der Waals surface area contributed by atoms with Crippen molar-refractivity contribution in [2.24, 2.45) is 0 Å². The molecule has 0 saturated heterocycles. The lowest BCUT2D eigenvalue weighted by Crippen LogP contribution is -2.16. The lowest BCUT2D eigenvalue weighted by atomic mass is 10.2. The zero-order chi connectivity index (χ0) is 18.4. The highest BCUT2D eigenvalue weighted by Gasteiger charge is 2.12. The molecule has 1 aromatic heterocycles. The second kappa shape index (κ2) is 8.31. The van der Waals surface area contributed by atoms with Gasteiger partial charge in [-0.15, -0.1) is 0 Å². The topological polar surface area (TPSA) is 76.1 Å². The smallest absolute Gasteiger partial charge is 0.274 e. The molecule has 7 heteroatoms. The van der Waals surface area contributed by atoms with E-state index < -0.39 is 0 Å². The summed E-state index contributed by atoms with van der Waals surface area (Å²) in [4.78, 5) is 20.9. The van der Waals surface area contributed by atoms with Crippen LogP contribution >= 0.6 is 11.6 Å². The van der Waals surface area contributed by atoms with Gasteiger partial charge in [0.05, 0.1) is 12.8 Å². The Hall–Kier alpha value is -3.12. The van der Waals surface area contributed by atoms with Crippen LogP contribution in [0.1, 0.15) is 16.1 Å². The van der Waals surface area contributed by atoms with Gasteiger partial charge < -0.3 is 15.4 Å². The maximum absolute atomic E-state index is 12.5. The first-order chi connectivity index (χ1) is 12.7. The normalized spacial score (nSPS) is 10.2. The van der Waals surface area contributed by atoms with Gasteiger partial charge in [-0.3, -0.25) is 4.79 Å². The average molecular weight is 369 g/mol. The number of anilines is 2. The first kappa shape index (κ1) is 17.7. The second-order valence-electron chi connectivity index (χ2n) is 5.40. The Labute approximate surface area is 156 Å². The number of rotatable bonds is 6. The third kappa shape index (κ3) is 4.49. The number of ether oxygens (including phenoxy) is 1. The Morgan fingerprint density at radius 2 is 1.96 bits per heavy atom. The molecule has 2 N–H and O–H groups in total. The molecule has 6 nitrogen and oxygen atoms in total. The molecule has 0 aliphatic heterocycles. The largest absolute Gasteiger partial charge is 0.495 e. The fourth-order valence-electron chi connectivity index (χ4n) is 2.31. The summed E-state index contributed by atoms with van der Waals surface area (Å²) >= 11 is 5.99. The number of nitrogens with zero attached hydrogens (tertiary/aromatic N) is 2. The van der Waals surface area contributed by atoms with Crippen molar-refractivity contribution in [3.63, 3.8) is 0 Å². The molecule has 0 atom stereocenters. The summed E-state index contributed by atoms with van der Waals surface area (Å²) in [6, 6.07) is 16.4. The molecule has 26 heavy (non-hydrogen) atoms. The van der Waals surface area contributed by atoms with E-state index in [0.29, 0.717) is 29.0 Å². The van der Waals surface area contributed by atoms with Crippen LogP contribution < -0.4 is 15.4 Å². The van der Waals surface area contributed by atoms with Crippen molar-refractivity contribution in [2.45, 2.75) is 6.54 Å². The molecule has 3 aromatic rings. The van der Waals surface area contributed by atoms with Gasteiger partial charge in [-0.1, -0.05) is 41.9 Å².